The number of nitrogens with one attached hydrogen (secondary N) is 1. The first-order chi connectivity index (χ1) is 13.4. The summed E-state index contributed by atoms with van der Waals surface area (Å²) in [6.45, 7) is 0.918. The van der Waals surface area contributed by atoms with E-state index in [2.05, 4.69) is 5.32 Å². The molecule has 1 aromatic carbocycles. The van der Waals surface area contributed by atoms with E-state index in [4.69, 9.17) is 4.42 Å². The lowest BCUT2D eigenvalue weighted by Crippen LogP contribution is -2.35. The molecule has 0 spiro atoms. The lowest BCUT2D eigenvalue weighted by molar-refractivity contribution is -0.116. The first-order valence-electron chi connectivity index (χ1n) is 9.07. The molecule has 9 heteroatoms. The highest BCUT2D eigenvalue weighted by atomic mass is 32.2. The third kappa shape index (κ3) is 4.60. The summed E-state index contributed by atoms with van der Waals surface area (Å²) < 4.78 is 31.8. The van der Waals surface area contributed by atoms with Gasteiger partial charge in [0.25, 0.3) is 5.91 Å². The molecule has 1 fully saturated rings. The van der Waals surface area contributed by atoms with Gasteiger partial charge in [0, 0.05) is 25.8 Å². The minimum absolute atomic E-state index is 0.155. The van der Waals surface area contributed by atoms with Crippen LogP contribution in [0.2, 0.25) is 0 Å². The topological polar surface area (TPSA) is 99.9 Å². The van der Waals surface area contributed by atoms with E-state index in [1.54, 1.807) is 18.2 Å². The van der Waals surface area contributed by atoms with Crippen LogP contribution in [0, 0.1) is 0 Å². The Kier molecular flexibility index (Phi) is 6.15. The Morgan fingerprint density at radius 3 is 2.39 bits per heavy atom. The number of carbonyl (C=O) groups excluding carboxylic acids is 2. The Labute approximate surface area is 164 Å². The maximum Gasteiger partial charge on any atom is 0.289 e. The molecule has 0 atom stereocenters. The Morgan fingerprint density at radius 1 is 1.11 bits per heavy atom. The Morgan fingerprint density at radius 2 is 1.79 bits per heavy atom. The highest BCUT2D eigenvalue weighted by molar-refractivity contribution is 7.89. The van der Waals surface area contributed by atoms with Crippen molar-refractivity contribution in [3.05, 3.63) is 48.4 Å². The summed E-state index contributed by atoms with van der Waals surface area (Å²) in [5.41, 5.74) is 0.460. The van der Waals surface area contributed by atoms with Gasteiger partial charge >= 0.3 is 0 Å². The maximum atomic E-state index is 12.6. The second-order valence-electron chi connectivity index (χ2n) is 6.68. The molecule has 150 valence electrons. The number of piperidine rings is 1. The number of benzene rings is 1. The minimum Gasteiger partial charge on any atom is -0.459 e. The van der Waals surface area contributed by atoms with Gasteiger partial charge in [-0.05, 0) is 49.2 Å². The molecule has 0 unspecified atom stereocenters. The zero-order chi connectivity index (χ0) is 20.1. The quantitative estimate of drug-likeness (QED) is 0.794. The molecule has 0 aliphatic carbocycles. The fourth-order valence-electron chi connectivity index (χ4n) is 3.04. The number of hydrogen-bond acceptors (Lipinski definition) is 5. The average Bonchev–Trinajstić information content (AvgIpc) is 3.23. The number of furan rings is 1. The zero-order valence-electron chi connectivity index (χ0n) is 15.6. The van der Waals surface area contributed by atoms with Crippen molar-refractivity contribution in [1.29, 1.82) is 0 Å². The number of likely N-dealkylation sites (N-methyl/N-ethyl adjacent to an activating group) is 1. The second kappa shape index (κ2) is 8.57. The maximum absolute atomic E-state index is 12.6. The van der Waals surface area contributed by atoms with Gasteiger partial charge in [0.1, 0.15) is 0 Å². The van der Waals surface area contributed by atoms with Gasteiger partial charge < -0.3 is 14.6 Å². The van der Waals surface area contributed by atoms with Gasteiger partial charge in [-0.1, -0.05) is 6.42 Å². The van der Waals surface area contributed by atoms with Gasteiger partial charge in [-0.25, -0.2) is 8.42 Å². The van der Waals surface area contributed by atoms with Crippen molar-refractivity contribution >= 4 is 27.5 Å². The molecule has 0 saturated carbocycles. The molecule has 1 N–H and O–H groups in total. The third-order valence-electron chi connectivity index (χ3n) is 4.55. The number of hydrogen-bond donors (Lipinski definition) is 1. The average molecular weight is 405 g/mol. The molecule has 0 bridgehead atoms. The Hall–Kier alpha value is -2.65. The molecule has 0 radical (unpaired) electrons. The van der Waals surface area contributed by atoms with Crippen LogP contribution in [0.25, 0.3) is 0 Å². The van der Waals surface area contributed by atoms with Gasteiger partial charge in [-0.2, -0.15) is 4.31 Å². The molecule has 1 aliphatic heterocycles. The van der Waals surface area contributed by atoms with E-state index in [1.165, 1.54) is 40.7 Å². The van der Waals surface area contributed by atoms with Gasteiger partial charge in [0.15, 0.2) is 5.76 Å². The predicted molar refractivity (Wildman–Crippen MR) is 103 cm³/mol. The summed E-state index contributed by atoms with van der Waals surface area (Å²) in [4.78, 5) is 25.7. The standard InChI is InChI=1S/C19H23N3O5S/c1-21(19(24)17-6-5-13-27-17)14-18(23)20-15-7-9-16(10-8-15)28(25,26)22-11-3-2-4-12-22/h5-10,13H,2-4,11-12,14H2,1H3,(H,20,23). The van der Waals surface area contributed by atoms with Crippen LogP contribution in [0.15, 0.2) is 52.0 Å². The van der Waals surface area contributed by atoms with Crippen molar-refractivity contribution in [1.82, 2.24) is 9.21 Å². The SMILES string of the molecule is CN(CC(=O)Nc1ccc(S(=O)(=O)N2CCCCC2)cc1)C(=O)c1ccco1. The van der Waals surface area contributed by atoms with Crippen LogP contribution in [-0.4, -0.2) is 56.1 Å². The van der Waals surface area contributed by atoms with Crippen molar-refractivity contribution in [3.63, 3.8) is 0 Å². The third-order valence-corrected chi connectivity index (χ3v) is 6.46. The van der Waals surface area contributed by atoms with Crippen LogP contribution in [-0.2, 0) is 14.8 Å². The van der Waals surface area contributed by atoms with Crippen molar-refractivity contribution in [2.45, 2.75) is 24.2 Å². The zero-order valence-corrected chi connectivity index (χ0v) is 16.4. The Balaban J connectivity index is 1.59. The highest BCUT2D eigenvalue weighted by Crippen LogP contribution is 2.22. The molecule has 2 heterocycles. The molecular formula is C19H23N3O5S. The van der Waals surface area contributed by atoms with Gasteiger partial charge in [0.05, 0.1) is 17.7 Å². The molecule has 1 aliphatic rings. The van der Waals surface area contributed by atoms with E-state index >= 15 is 0 Å². The number of anilines is 1. The van der Waals surface area contributed by atoms with Crippen LogP contribution in [0.3, 0.4) is 0 Å². The van der Waals surface area contributed by atoms with Crippen LogP contribution in [0.1, 0.15) is 29.8 Å². The van der Waals surface area contributed by atoms with E-state index in [0.717, 1.165) is 19.3 Å². The molecule has 8 nitrogen and oxygen atoms in total. The molecule has 3 rings (SSSR count). The van der Waals surface area contributed by atoms with Gasteiger partial charge in [-0.3, -0.25) is 9.59 Å². The monoisotopic (exact) mass is 405 g/mol. The van der Waals surface area contributed by atoms with Gasteiger partial charge in [-0.15, -0.1) is 0 Å². The lowest BCUT2D eigenvalue weighted by atomic mass is 10.2. The summed E-state index contributed by atoms with van der Waals surface area (Å²) in [7, 11) is -2.01. The lowest BCUT2D eigenvalue weighted by Gasteiger charge is -2.25. The van der Waals surface area contributed by atoms with Crippen molar-refractivity contribution < 1.29 is 22.4 Å². The number of amides is 2. The normalized spacial score (nSPS) is 15.2. The number of sulfonamides is 1. The molecule has 2 aromatic rings. The molecule has 28 heavy (non-hydrogen) atoms. The van der Waals surface area contributed by atoms with E-state index in [1.807, 2.05) is 0 Å². The van der Waals surface area contributed by atoms with Gasteiger partial charge in [0.2, 0.25) is 15.9 Å². The van der Waals surface area contributed by atoms with Crippen molar-refractivity contribution in [2.24, 2.45) is 0 Å². The fraction of sp³-hybridized carbons (Fsp3) is 0.368. The summed E-state index contributed by atoms with van der Waals surface area (Å²) >= 11 is 0. The molecule has 1 aromatic heterocycles. The highest BCUT2D eigenvalue weighted by Gasteiger charge is 2.25. The van der Waals surface area contributed by atoms with E-state index < -0.39 is 21.8 Å². The summed E-state index contributed by atoms with van der Waals surface area (Å²) in [6, 6.07) is 9.18. The Bertz CT molecular complexity index is 917. The van der Waals surface area contributed by atoms with Crippen LogP contribution in [0.5, 0.6) is 0 Å². The van der Waals surface area contributed by atoms with Crippen molar-refractivity contribution in [3.8, 4) is 0 Å². The van der Waals surface area contributed by atoms with Crippen LogP contribution in [0.4, 0.5) is 5.69 Å². The first-order valence-corrected chi connectivity index (χ1v) is 10.5. The van der Waals surface area contributed by atoms with Crippen LogP contribution < -0.4 is 5.32 Å². The van der Waals surface area contributed by atoms with E-state index in [-0.39, 0.29) is 17.2 Å². The number of nitrogens with zero attached hydrogens (tertiary/aromatic N) is 2. The largest absolute Gasteiger partial charge is 0.459 e. The van der Waals surface area contributed by atoms with Crippen molar-refractivity contribution in [2.75, 3.05) is 32.0 Å². The summed E-state index contributed by atoms with van der Waals surface area (Å²) in [5.74, 6) is -0.639. The molecular weight excluding hydrogens is 382 g/mol. The minimum atomic E-state index is -3.51. The number of carbonyl (C=O) groups is 2. The molecule has 1 saturated heterocycles. The van der Waals surface area contributed by atoms with E-state index in [9.17, 15) is 18.0 Å². The summed E-state index contributed by atoms with van der Waals surface area (Å²) in [5, 5.41) is 2.66. The number of rotatable bonds is 6. The second-order valence-corrected chi connectivity index (χ2v) is 8.61. The fourth-order valence-corrected chi connectivity index (χ4v) is 4.56. The van der Waals surface area contributed by atoms with E-state index in [0.29, 0.717) is 18.8 Å². The first kappa shape index (κ1) is 20.1. The summed E-state index contributed by atoms with van der Waals surface area (Å²) in [6.07, 6.45) is 4.18. The van der Waals surface area contributed by atoms with Crippen LogP contribution >= 0.6 is 0 Å². The smallest absolute Gasteiger partial charge is 0.289 e. The molecule has 2 amide bonds. The predicted octanol–water partition coefficient (Wildman–Crippen LogP) is 2.16.